The number of aliphatic hydroxyl groups is 2. The molecule has 6 fully saturated rings. The Kier molecular flexibility index (Phi) is 2.91. The lowest BCUT2D eigenvalue weighted by Crippen LogP contribution is -2.93. The van der Waals surface area contributed by atoms with Gasteiger partial charge in [0.25, 0.3) is 5.91 Å². The van der Waals surface area contributed by atoms with Gasteiger partial charge < -0.3 is 34.1 Å². The van der Waals surface area contributed by atoms with Crippen molar-refractivity contribution in [3.05, 3.63) is 17.7 Å². The maximum absolute atomic E-state index is 13.8. The second-order valence-corrected chi connectivity index (χ2v) is 10.5. The summed E-state index contributed by atoms with van der Waals surface area (Å²) >= 11 is 0. The van der Waals surface area contributed by atoms with Crippen LogP contribution in [0.1, 0.15) is 37.7 Å². The van der Waals surface area contributed by atoms with Crippen molar-refractivity contribution in [3.8, 4) is 11.5 Å². The van der Waals surface area contributed by atoms with Crippen LogP contribution in [0, 0.1) is 5.41 Å². The number of rotatable bonds is 0. The van der Waals surface area contributed by atoms with Gasteiger partial charge in [0.15, 0.2) is 28.9 Å². The van der Waals surface area contributed by atoms with E-state index in [9.17, 15) is 24.6 Å². The predicted octanol–water partition coefficient (Wildman–Crippen LogP) is 0.143. The molecule has 0 aromatic heterocycles. The fourth-order valence-corrected chi connectivity index (χ4v) is 9.14. The fourth-order valence-electron chi connectivity index (χ4n) is 9.14. The van der Waals surface area contributed by atoms with Crippen molar-refractivity contribution in [1.82, 2.24) is 4.90 Å². The van der Waals surface area contributed by atoms with Crippen LogP contribution in [0.15, 0.2) is 12.1 Å². The summed E-state index contributed by atoms with van der Waals surface area (Å²) in [6.07, 6.45) is -0.607. The largest absolute Gasteiger partial charge is 0.454 e. The molecule has 178 valence electrons. The summed E-state index contributed by atoms with van der Waals surface area (Å²) in [4.78, 5) is 43.6. The van der Waals surface area contributed by atoms with Gasteiger partial charge in [-0.25, -0.2) is 9.59 Å². The Morgan fingerprint density at radius 2 is 2.00 bits per heavy atom. The van der Waals surface area contributed by atoms with E-state index in [4.69, 9.17) is 18.9 Å². The van der Waals surface area contributed by atoms with E-state index in [0.717, 1.165) is 0 Å². The van der Waals surface area contributed by atoms with Crippen LogP contribution < -0.4 is 14.4 Å². The van der Waals surface area contributed by atoms with Gasteiger partial charge in [0, 0.05) is 12.0 Å². The second-order valence-electron chi connectivity index (χ2n) is 10.5. The van der Waals surface area contributed by atoms with Gasteiger partial charge in [-0.05, 0) is 43.7 Å². The van der Waals surface area contributed by atoms with Crippen LogP contribution in [-0.4, -0.2) is 76.5 Å². The van der Waals surface area contributed by atoms with Crippen molar-refractivity contribution in [2.24, 2.45) is 5.41 Å². The van der Waals surface area contributed by atoms with Crippen LogP contribution in [0.25, 0.3) is 0 Å². The number of anilines is 1. The van der Waals surface area contributed by atoms with Crippen molar-refractivity contribution in [1.29, 1.82) is 0 Å². The number of ether oxygens (including phenoxy) is 4. The van der Waals surface area contributed by atoms with E-state index in [2.05, 4.69) is 0 Å². The quantitative estimate of drug-likeness (QED) is 0.508. The Hall–Kier alpha value is -3.05. The van der Waals surface area contributed by atoms with E-state index in [1.54, 1.807) is 12.1 Å². The highest BCUT2D eigenvalue weighted by atomic mass is 16.7. The maximum Gasteiger partial charge on any atom is 0.414 e. The molecule has 5 aliphatic heterocycles. The number of hydrogen-bond donors (Lipinski definition) is 2. The smallest absolute Gasteiger partial charge is 0.414 e. The van der Waals surface area contributed by atoms with Gasteiger partial charge in [0.2, 0.25) is 6.79 Å². The highest BCUT2D eigenvalue weighted by Crippen LogP contribution is 2.82. The summed E-state index contributed by atoms with van der Waals surface area (Å²) in [6, 6.07) is 3.36. The molecule has 0 radical (unpaired) electrons. The Bertz CT molecular complexity index is 1270. The molecule has 3 aliphatic carbocycles. The molecule has 5 heterocycles. The fraction of sp³-hybridized carbons (Fsp3) is 0.609. The topological polar surface area (TPSA) is 135 Å². The minimum Gasteiger partial charge on any atom is -0.454 e. The number of carbonyl (C=O) groups excluding carboxylic acids is 3. The third-order valence-corrected chi connectivity index (χ3v) is 9.96. The number of piperidine rings is 1. The first-order chi connectivity index (χ1) is 16.2. The first-order valence-corrected chi connectivity index (χ1v) is 11.5. The van der Waals surface area contributed by atoms with Crippen LogP contribution in [0.4, 0.5) is 10.5 Å². The van der Waals surface area contributed by atoms with Gasteiger partial charge in [-0.3, -0.25) is 9.69 Å². The van der Waals surface area contributed by atoms with E-state index in [1.807, 2.05) is 0 Å². The monoisotopic (exact) mass is 470 g/mol. The third kappa shape index (κ3) is 1.38. The van der Waals surface area contributed by atoms with Crippen molar-refractivity contribution in [3.63, 3.8) is 0 Å². The Morgan fingerprint density at radius 3 is 2.79 bits per heavy atom. The number of fused-ring (bicyclic) bond motifs is 4. The molecular weight excluding hydrogens is 448 g/mol. The number of hydrogen-bond acceptors (Lipinski definition) is 9. The van der Waals surface area contributed by atoms with Gasteiger partial charge >= 0.3 is 12.1 Å². The van der Waals surface area contributed by atoms with E-state index in [-0.39, 0.29) is 31.1 Å². The highest BCUT2D eigenvalue weighted by Gasteiger charge is 2.98. The van der Waals surface area contributed by atoms with Crippen LogP contribution in [-0.2, 0) is 24.5 Å². The highest BCUT2D eigenvalue weighted by molar-refractivity contribution is 6.07. The van der Waals surface area contributed by atoms with Crippen LogP contribution in [0.2, 0.25) is 0 Å². The number of nitrogens with zero attached hydrogens (tertiary/aromatic N) is 2. The van der Waals surface area contributed by atoms with Gasteiger partial charge in [0.05, 0.1) is 12.8 Å². The van der Waals surface area contributed by atoms with Crippen LogP contribution >= 0.6 is 0 Å². The number of esters is 1. The Labute approximate surface area is 193 Å². The van der Waals surface area contributed by atoms with Gasteiger partial charge in [-0.1, -0.05) is 6.07 Å². The molecule has 3 saturated heterocycles. The molecule has 6 atom stereocenters. The average Bonchev–Trinajstić information content (AvgIpc) is 3.45. The standard InChI is InChI=1S/C23H22N2O9/c1-31-18(28)25-13-11(3-4-12-14(13)33-10-32-12)22-15-16(26)24-8-2-5-19(23(22,24)30)6-7-21(22,25)20(29,9-19)17(27)34-15/h3-4,15,29-30H,2,5-10H2,1H3. The third-order valence-electron chi connectivity index (χ3n) is 9.96. The molecule has 1 aromatic carbocycles. The van der Waals surface area contributed by atoms with Crippen LogP contribution in [0.3, 0.4) is 0 Å². The van der Waals surface area contributed by atoms with E-state index < -0.39 is 51.8 Å². The van der Waals surface area contributed by atoms with Crippen molar-refractivity contribution >= 4 is 23.7 Å². The van der Waals surface area contributed by atoms with Gasteiger partial charge in [-0.2, -0.15) is 0 Å². The first-order valence-electron chi connectivity index (χ1n) is 11.5. The lowest BCUT2D eigenvalue weighted by molar-refractivity contribution is -0.346. The molecule has 3 saturated carbocycles. The molecule has 2 amide bonds. The Balaban J connectivity index is 1.60. The first kappa shape index (κ1) is 19.3. The molecule has 11 heteroatoms. The zero-order valence-corrected chi connectivity index (χ0v) is 18.3. The van der Waals surface area contributed by atoms with Gasteiger partial charge in [0.1, 0.15) is 11.0 Å². The van der Waals surface area contributed by atoms with Crippen molar-refractivity contribution in [2.75, 3.05) is 25.3 Å². The number of benzene rings is 1. The van der Waals surface area contributed by atoms with Crippen LogP contribution in [0.5, 0.6) is 11.5 Å². The molecule has 3 spiro atoms. The average molecular weight is 470 g/mol. The Morgan fingerprint density at radius 1 is 1.18 bits per heavy atom. The lowest BCUT2D eigenvalue weighted by Gasteiger charge is -2.75. The number of carbonyl (C=O) groups is 3. The predicted molar refractivity (Wildman–Crippen MR) is 109 cm³/mol. The number of amides is 2. The number of methoxy groups -OCH3 is 1. The molecule has 9 rings (SSSR count). The summed E-state index contributed by atoms with van der Waals surface area (Å²) in [6.45, 7) is 0.211. The van der Waals surface area contributed by atoms with E-state index in [1.165, 1.54) is 16.9 Å². The molecule has 6 unspecified atom stereocenters. The van der Waals surface area contributed by atoms with Gasteiger partial charge in [-0.15, -0.1) is 0 Å². The maximum atomic E-state index is 13.8. The summed E-state index contributed by atoms with van der Waals surface area (Å²) in [5, 5.41) is 25.1. The molecule has 2 N–H and O–H groups in total. The zero-order chi connectivity index (χ0) is 23.5. The van der Waals surface area contributed by atoms with Crippen molar-refractivity contribution in [2.45, 2.75) is 60.5 Å². The molecule has 11 nitrogen and oxygen atoms in total. The SMILES string of the molecule is COC(=O)N1c2c(ccc3c2OCO3)C23C4OC(=O)C5(O)CC6(CCCN(C4=O)C62O)CCC153. The lowest BCUT2D eigenvalue weighted by atomic mass is 9.34. The molecule has 34 heavy (non-hydrogen) atoms. The molecule has 4 bridgehead atoms. The van der Waals surface area contributed by atoms with Crippen molar-refractivity contribution < 1.29 is 43.5 Å². The molecule has 8 aliphatic rings. The molecule has 1 aromatic rings. The van der Waals surface area contributed by atoms with E-state index >= 15 is 0 Å². The minimum atomic E-state index is -2.17. The second kappa shape index (κ2) is 5.13. The zero-order valence-electron chi connectivity index (χ0n) is 18.3. The summed E-state index contributed by atoms with van der Waals surface area (Å²) < 4.78 is 22.2. The normalized spacial score (nSPS) is 45.8. The summed E-state index contributed by atoms with van der Waals surface area (Å²) in [5.74, 6) is -0.830. The summed E-state index contributed by atoms with van der Waals surface area (Å²) in [5.41, 5.74) is -7.56. The molecular formula is C23H22N2O9. The summed E-state index contributed by atoms with van der Waals surface area (Å²) in [7, 11) is 1.21. The minimum absolute atomic E-state index is 0.0802. The van der Waals surface area contributed by atoms with E-state index in [0.29, 0.717) is 37.1 Å².